The monoisotopic (exact) mass is 250 g/mol. The molecule has 0 saturated heterocycles. The molecule has 1 heterocycles. The van der Waals surface area contributed by atoms with Gasteiger partial charge in [-0.3, -0.25) is 10.2 Å². The van der Waals surface area contributed by atoms with Crippen LogP contribution in [0.15, 0.2) is 12.1 Å². The van der Waals surface area contributed by atoms with Gasteiger partial charge in [-0.25, -0.2) is 5.01 Å². The average molecular weight is 250 g/mol. The Bertz CT molecular complexity index is 472. The molecule has 0 bridgehead atoms. The van der Waals surface area contributed by atoms with E-state index in [0.29, 0.717) is 5.75 Å². The first kappa shape index (κ1) is 12.7. The van der Waals surface area contributed by atoms with E-state index < -0.39 is 0 Å². The number of rotatable bonds is 3. The van der Waals surface area contributed by atoms with Crippen LogP contribution in [0.1, 0.15) is 24.0 Å². The van der Waals surface area contributed by atoms with Gasteiger partial charge in [0.15, 0.2) is 11.5 Å². The number of hydrazine groups is 1. The highest BCUT2D eigenvalue weighted by molar-refractivity contribution is 5.83. The van der Waals surface area contributed by atoms with Gasteiger partial charge in [0, 0.05) is 14.1 Å². The number of nitrogens with zero attached hydrogens (tertiary/aromatic N) is 1. The molecule has 1 N–H and O–H groups in total. The highest BCUT2D eigenvalue weighted by Gasteiger charge is 2.22. The van der Waals surface area contributed by atoms with Gasteiger partial charge in [-0.05, 0) is 37.1 Å². The number of amides is 1. The molecule has 0 fully saturated rings. The summed E-state index contributed by atoms with van der Waals surface area (Å²) in [5.74, 6) is 1.18. The Labute approximate surface area is 107 Å². The zero-order valence-corrected chi connectivity index (χ0v) is 11.1. The lowest BCUT2D eigenvalue weighted by atomic mass is 9.95. The summed E-state index contributed by atoms with van der Waals surface area (Å²) in [4.78, 5) is 12.0. The lowest BCUT2D eigenvalue weighted by molar-refractivity contribution is -0.126. The van der Waals surface area contributed by atoms with Crippen molar-refractivity contribution in [1.82, 2.24) is 10.4 Å². The number of benzene rings is 1. The van der Waals surface area contributed by atoms with Crippen molar-refractivity contribution in [2.75, 3.05) is 20.9 Å². The topological polar surface area (TPSA) is 50.8 Å². The van der Waals surface area contributed by atoms with Crippen LogP contribution < -0.4 is 14.9 Å². The molecule has 1 amide bonds. The zero-order chi connectivity index (χ0) is 13.3. The molecule has 5 heteroatoms. The van der Waals surface area contributed by atoms with Gasteiger partial charge in [0.05, 0.1) is 5.92 Å². The molecule has 1 aromatic rings. The lowest BCUT2D eigenvalue weighted by Crippen LogP contribution is -2.38. The van der Waals surface area contributed by atoms with Crippen molar-refractivity contribution in [2.24, 2.45) is 0 Å². The van der Waals surface area contributed by atoms with E-state index in [1.54, 1.807) is 19.1 Å². The van der Waals surface area contributed by atoms with Crippen molar-refractivity contribution in [3.05, 3.63) is 23.3 Å². The Hall–Kier alpha value is -1.75. The highest BCUT2D eigenvalue weighted by Crippen LogP contribution is 2.36. The second-order valence-electron chi connectivity index (χ2n) is 4.65. The minimum absolute atomic E-state index is 0.0398. The standard InChI is InChI=1S/C13H18N2O3/c1-8-5-11-12(18-7-17-11)6-10(8)9(2)13(16)14-15(3)4/h5-6,9H,7H2,1-4H3,(H,14,16). The number of carbonyl (C=O) groups is 1. The molecular weight excluding hydrogens is 232 g/mol. The number of carbonyl (C=O) groups excluding carboxylic acids is 1. The molecule has 0 aliphatic carbocycles. The summed E-state index contributed by atoms with van der Waals surface area (Å²) >= 11 is 0. The fourth-order valence-corrected chi connectivity index (χ4v) is 1.98. The molecule has 0 spiro atoms. The highest BCUT2D eigenvalue weighted by atomic mass is 16.7. The molecule has 98 valence electrons. The van der Waals surface area contributed by atoms with Crippen molar-refractivity contribution in [3.8, 4) is 11.5 Å². The van der Waals surface area contributed by atoms with E-state index >= 15 is 0 Å². The molecule has 5 nitrogen and oxygen atoms in total. The van der Waals surface area contributed by atoms with Crippen LogP contribution >= 0.6 is 0 Å². The van der Waals surface area contributed by atoms with Crippen LogP contribution in [0.2, 0.25) is 0 Å². The fraction of sp³-hybridized carbons (Fsp3) is 0.462. The van der Waals surface area contributed by atoms with Gasteiger partial charge in [0.2, 0.25) is 12.7 Å². The maximum Gasteiger partial charge on any atom is 0.241 e. The van der Waals surface area contributed by atoms with Crippen molar-refractivity contribution in [3.63, 3.8) is 0 Å². The van der Waals surface area contributed by atoms with E-state index in [4.69, 9.17) is 9.47 Å². The summed E-state index contributed by atoms with van der Waals surface area (Å²) in [7, 11) is 3.58. The molecule has 0 aromatic heterocycles. The minimum Gasteiger partial charge on any atom is -0.454 e. The molecule has 1 aliphatic rings. The minimum atomic E-state index is -0.234. The predicted molar refractivity (Wildman–Crippen MR) is 67.5 cm³/mol. The van der Waals surface area contributed by atoms with E-state index in [0.717, 1.165) is 16.9 Å². The van der Waals surface area contributed by atoms with Gasteiger partial charge in [-0.15, -0.1) is 0 Å². The summed E-state index contributed by atoms with van der Waals surface area (Å²) < 4.78 is 10.6. The second-order valence-corrected chi connectivity index (χ2v) is 4.65. The smallest absolute Gasteiger partial charge is 0.241 e. The first-order valence-corrected chi connectivity index (χ1v) is 5.87. The Kier molecular flexibility index (Phi) is 3.43. The third-order valence-corrected chi connectivity index (χ3v) is 2.95. The van der Waals surface area contributed by atoms with Gasteiger partial charge in [-0.1, -0.05) is 0 Å². The summed E-state index contributed by atoms with van der Waals surface area (Å²) in [5, 5.41) is 1.64. The normalized spacial score (nSPS) is 14.7. The summed E-state index contributed by atoms with van der Waals surface area (Å²) in [6.07, 6.45) is 0. The Morgan fingerprint density at radius 3 is 2.56 bits per heavy atom. The first-order chi connectivity index (χ1) is 8.49. The van der Waals surface area contributed by atoms with Gasteiger partial charge in [0.1, 0.15) is 0 Å². The molecule has 0 saturated carbocycles. The van der Waals surface area contributed by atoms with E-state index in [-0.39, 0.29) is 18.6 Å². The third kappa shape index (κ3) is 2.41. The zero-order valence-electron chi connectivity index (χ0n) is 11.1. The van der Waals surface area contributed by atoms with Gasteiger partial charge < -0.3 is 9.47 Å². The van der Waals surface area contributed by atoms with Crippen molar-refractivity contribution >= 4 is 5.91 Å². The molecule has 18 heavy (non-hydrogen) atoms. The average Bonchev–Trinajstić information content (AvgIpc) is 2.72. The van der Waals surface area contributed by atoms with E-state index in [1.165, 1.54) is 0 Å². The molecule has 2 rings (SSSR count). The number of nitrogens with one attached hydrogen (secondary N) is 1. The number of hydrogen-bond donors (Lipinski definition) is 1. The van der Waals surface area contributed by atoms with Gasteiger partial charge >= 0.3 is 0 Å². The molecule has 1 unspecified atom stereocenters. The van der Waals surface area contributed by atoms with Crippen LogP contribution in [0.5, 0.6) is 11.5 Å². The molecule has 1 aromatic carbocycles. The number of aryl methyl sites for hydroxylation is 1. The Balaban J connectivity index is 2.25. The van der Waals surface area contributed by atoms with Crippen LogP contribution in [0.4, 0.5) is 0 Å². The van der Waals surface area contributed by atoms with E-state index in [1.807, 2.05) is 26.0 Å². The van der Waals surface area contributed by atoms with E-state index in [2.05, 4.69) is 5.43 Å². The Morgan fingerprint density at radius 2 is 1.94 bits per heavy atom. The summed E-state index contributed by atoms with van der Waals surface area (Å²) in [5.41, 5.74) is 4.74. The largest absolute Gasteiger partial charge is 0.454 e. The number of ether oxygens (including phenoxy) is 2. The SMILES string of the molecule is Cc1cc2c(cc1C(C)C(=O)NN(C)C)OCO2. The van der Waals surface area contributed by atoms with Crippen molar-refractivity contribution in [1.29, 1.82) is 0 Å². The van der Waals surface area contributed by atoms with Gasteiger partial charge in [0.25, 0.3) is 0 Å². The second kappa shape index (κ2) is 4.86. The maximum absolute atomic E-state index is 12.0. The maximum atomic E-state index is 12.0. The molecule has 1 atom stereocenters. The first-order valence-electron chi connectivity index (χ1n) is 5.87. The quantitative estimate of drug-likeness (QED) is 0.824. The fourth-order valence-electron chi connectivity index (χ4n) is 1.98. The molecule has 0 radical (unpaired) electrons. The summed E-state index contributed by atoms with van der Waals surface area (Å²) in [6, 6.07) is 3.80. The van der Waals surface area contributed by atoms with Crippen LogP contribution in [0.3, 0.4) is 0 Å². The van der Waals surface area contributed by atoms with E-state index in [9.17, 15) is 4.79 Å². The molecule has 1 aliphatic heterocycles. The summed E-state index contributed by atoms with van der Waals surface area (Å²) in [6.45, 7) is 4.09. The van der Waals surface area contributed by atoms with Crippen LogP contribution in [-0.4, -0.2) is 31.8 Å². The van der Waals surface area contributed by atoms with Crippen molar-refractivity contribution in [2.45, 2.75) is 19.8 Å². The van der Waals surface area contributed by atoms with Gasteiger partial charge in [-0.2, -0.15) is 0 Å². The van der Waals surface area contributed by atoms with Crippen LogP contribution in [0, 0.1) is 6.92 Å². The third-order valence-electron chi connectivity index (χ3n) is 2.95. The predicted octanol–water partition coefficient (Wildman–Crippen LogP) is 1.42. The number of hydrogen-bond acceptors (Lipinski definition) is 4. The van der Waals surface area contributed by atoms with Crippen LogP contribution in [0.25, 0.3) is 0 Å². The van der Waals surface area contributed by atoms with Crippen LogP contribution in [-0.2, 0) is 4.79 Å². The lowest BCUT2D eigenvalue weighted by Gasteiger charge is -2.18. The Morgan fingerprint density at radius 1 is 1.33 bits per heavy atom. The number of fused-ring (bicyclic) bond motifs is 1. The van der Waals surface area contributed by atoms with Crippen molar-refractivity contribution < 1.29 is 14.3 Å². The molecular formula is C13H18N2O3.